The zero-order chi connectivity index (χ0) is 15.9. The number of ether oxygens (including phenoxy) is 1. The first-order valence-corrected chi connectivity index (χ1v) is 8.16. The number of hydrogen-bond donors (Lipinski definition) is 1. The first-order valence-electron chi connectivity index (χ1n) is 7.01. The van der Waals surface area contributed by atoms with Gasteiger partial charge in [0.1, 0.15) is 5.75 Å². The van der Waals surface area contributed by atoms with E-state index < -0.39 is 6.36 Å². The normalized spacial score (nSPS) is 14.8. The predicted octanol–water partition coefficient (Wildman–Crippen LogP) is 4.77. The molecule has 0 spiro atoms. The Morgan fingerprint density at radius 2 is 1.81 bits per heavy atom. The first kappa shape index (κ1) is 18.2. The third-order valence-corrected chi connectivity index (χ3v) is 3.98. The molecule has 2 unspecified atom stereocenters. The van der Waals surface area contributed by atoms with Crippen LogP contribution >= 0.6 is 11.8 Å². The number of benzene rings is 1. The van der Waals surface area contributed by atoms with E-state index in [2.05, 4.69) is 23.9 Å². The predicted molar refractivity (Wildman–Crippen MR) is 81.8 cm³/mol. The van der Waals surface area contributed by atoms with Crippen molar-refractivity contribution in [2.24, 2.45) is 0 Å². The Balaban J connectivity index is 2.49. The summed E-state index contributed by atoms with van der Waals surface area (Å²) in [6.45, 7) is 6.26. The second-order valence-corrected chi connectivity index (χ2v) is 6.29. The number of thioether (sulfide) groups is 1. The average molecular weight is 321 g/mol. The van der Waals surface area contributed by atoms with Gasteiger partial charge in [-0.05, 0) is 49.5 Å². The van der Waals surface area contributed by atoms with Crippen molar-refractivity contribution in [3.05, 3.63) is 29.8 Å². The van der Waals surface area contributed by atoms with Crippen molar-refractivity contribution < 1.29 is 17.9 Å². The molecule has 0 aliphatic carbocycles. The maximum absolute atomic E-state index is 12.1. The Labute approximate surface area is 128 Å². The van der Waals surface area contributed by atoms with E-state index in [1.54, 1.807) is 12.1 Å². The lowest BCUT2D eigenvalue weighted by Gasteiger charge is -2.20. The molecule has 0 heterocycles. The molecule has 0 fully saturated rings. The maximum atomic E-state index is 12.1. The second-order valence-electron chi connectivity index (χ2n) is 4.89. The van der Waals surface area contributed by atoms with E-state index in [0.717, 1.165) is 23.5 Å². The minimum Gasteiger partial charge on any atom is -0.406 e. The van der Waals surface area contributed by atoms with Crippen LogP contribution in [0.3, 0.4) is 0 Å². The summed E-state index contributed by atoms with van der Waals surface area (Å²) in [4.78, 5) is 0. The average Bonchev–Trinajstić information content (AvgIpc) is 2.38. The highest BCUT2D eigenvalue weighted by molar-refractivity contribution is 7.99. The molecule has 1 rings (SSSR count). The van der Waals surface area contributed by atoms with Crippen molar-refractivity contribution in [3.63, 3.8) is 0 Å². The Morgan fingerprint density at radius 3 is 2.33 bits per heavy atom. The number of hydrogen-bond acceptors (Lipinski definition) is 3. The summed E-state index contributed by atoms with van der Waals surface area (Å²) < 4.78 is 40.1. The van der Waals surface area contributed by atoms with Gasteiger partial charge in [-0.2, -0.15) is 11.8 Å². The summed E-state index contributed by atoms with van der Waals surface area (Å²) in [7, 11) is 0. The Hall–Kier alpha value is -0.880. The molecule has 2 atom stereocenters. The molecule has 0 amide bonds. The Kier molecular flexibility index (Phi) is 7.39. The van der Waals surface area contributed by atoms with Crippen molar-refractivity contribution in [1.82, 2.24) is 5.32 Å². The van der Waals surface area contributed by atoms with Crippen LogP contribution in [0.1, 0.15) is 38.8 Å². The molecule has 0 saturated carbocycles. The van der Waals surface area contributed by atoms with Crippen molar-refractivity contribution >= 4 is 11.8 Å². The number of rotatable bonds is 8. The quantitative estimate of drug-likeness (QED) is 0.697. The summed E-state index contributed by atoms with van der Waals surface area (Å²) in [5.74, 6) is 2.03. The molecule has 0 bridgehead atoms. The van der Waals surface area contributed by atoms with Gasteiger partial charge < -0.3 is 10.1 Å². The highest BCUT2D eigenvalue weighted by Gasteiger charge is 2.31. The molecule has 0 aliphatic heterocycles. The largest absolute Gasteiger partial charge is 0.573 e. The lowest BCUT2D eigenvalue weighted by Crippen LogP contribution is -2.29. The smallest absolute Gasteiger partial charge is 0.406 e. The highest BCUT2D eigenvalue weighted by Crippen LogP contribution is 2.24. The fraction of sp³-hybridized carbons (Fsp3) is 0.600. The molecular weight excluding hydrogens is 299 g/mol. The fourth-order valence-electron chi connectivity index (χ4n) is 1.97. The van der Waals surface area contributed by atoms with Gasteiger partial charge in [-0.25, -0.2) is 0 Å². The standard InChI is InChI=1S/C15H22F3NOS/c1-4-21-10-9-11(2)19-12(3)13-5-7-14(8-6-13)20-15(16,17)18/h5-8,11-12,19H,4,9-10H2,1-3H3. The fourth-order valence-corrected chi connectivity index (χ4v) is 2.78. The molecule has 120 valence electrons. The molecule has 0 radical (unpaired) electrons. The van der Waals surface area contributed by atoms with E-state index in [1.807, 2.05) is 18.7 Å². The molecule has 21 heavy (non-hydrogen) atoms. The third-order valence-electron chi connectivity index (χ3n) is 3.05. The number of nitrogens with one attached hydrogen (secondary N) is 1. The van der Waals surface area contributed by atoms with Crippen molar-refractivity contribution in [3.8, 4) is 5.75 Å². The van der Waals surface area contributed by atoms with E-state index in [9.17, 15) is 13.2 Å². The van der Waals surface area contributed by atoms with Gasteiger partial charge in [0.2, 0.25) is 0 Å². The van der Waals surface area contributed by atoms with Gasteiger partial charge in [-0.1, -0.05) is 19.1 Å². The van der Waals surface area contributed by atoms with Crippen LogP contribution < -0.4 is 10.1 Å². The van der Waals surface area contributed by atoms with Gasteiger partial charge in [-0.3, -0.25) is 0 Å². The summed E-state index contributed by atoms with van der Waals surface area (Å²) >= 11 is 1.90. The van der Waals surface area contributed by atoms with E-state index in [4.69, 9.17) is 0 Å². The number of halogens is 3. The van der Waals surface area contributed by atoms with Crippen LogP contribution in [0.15, 0.2) is 24.3 Å². The molecule has 1 aromatic rings. The first-order chi connectivity index (χ1) is 9.81. The molecule has 6 heteroatoms. The van der Waals surface area contributed by atoms with Crippen LogP contribution in [-0.4, -0.2) is 23.9 Å². The summed E-state index contributed by atoms with van der Waals surface area (Å²) in [6.07, 6.45) is -3.57. The van der Waals surface area contributed by atoms with Gasteiger partial charge in [0.05, 0.1) is 0 Å². The topological polar surface area (TPSA) is 21.3 Å². The van der Waals surface area contributed by atoms with Crippen molar-refractivity contribution in [2.45, 2.75) is 45.6 Å². The molecule has 2 nitrogen and oxygen atoms in total. The summed E-state index contributed by atoms with van der Waals surface area (Å²) in [5, 5.41) is 3.45. The molecule has 1 aromatic carbocycles. The SMILES string of the molecule is CCSCCC(C)NC(C)c1ccc(OC(F)(F)F)cc1. The van der Waals surface area contributed by atoms with Crippen LogP contribution in [-0.2, 0) is 0 Å². The maximum Gasteiger partial charge on any atom is 0.573 e. The van der Waals surface area contributed by atoms with Crippen molar-refractivity contribution in [1.29, 1.82) is 0 Å². The van der Waals surface area contributed by atoms with E-state index in [0.29, 0.717) is 6.04 Å². The highest BCUT2D eigenvalue weighted by atomic mass is 32.2. The Morgan fingerprint density at radius 1 is 1.19 bits per heavy atom. The monoisotopic (exact) mass is 321 g/mol. The van der Waals surface area contributed by atoms with Gasteiger partial charge in [0.25, 0.3) is 0 Å². The zero-order valence-corrected chi connectivity index (χ0v) is 13.4. The van der Waals surface area contributed by atoms with Crippen LogP contribution in [0.5, 0.6) is 5.75 Å². The summed E-state index contributed by atoms with van der Waals surface area (Å²) in [5.41, 5.74) is 0.944. The van der Waals surface area contributed by atoms with E-state index >= 15 is 0 Å². The van der Waals surface area contributed by atoms with E-state index in [-0.39, 0.29) is 11.8 Å². The number of alkyl halides is 3. The van der Waals surface area contributed by atoms with Crippen molar-refractivity contribution in [2.75, 3.05) is 11.5 Å². The molecule has 0 saturated heterocycles. The van der Waals surface area contributed by atoms with E-state index in [1.165, 1.54) is 12.1 Å². The lowest BCUT2D eigenvalue weighted by atomic mass is 10.1. The van der Waals surface area contributed by atoms with Crippen LogP contribution in [0.25, 0.3) is 0 Å². The minimum atomic E-state index is -4.64. The van der Waals surface area contributed by atoms with Gasteiger partial charge >= 0.3 is 6.36 Å². The molecule has 1 N–H and O–H groups in total. The summed E-state index contributed by atoms with van der Waals surface area (Å²) in [6, 6.07) is 6.46. The molecular formula is C15H22F3NOS. The molecule has 0 aromatic heterocycles. The van der Waals surface area contributed by atoms with Gasteiger partial charge in [-0.15, -0.1) is 13.2 Å². The van der Waals surface area contributed by atoms with Gasteiger partial charge in [0, 0.05) is 12.1 Å². The third kappa shape index (κ3) is 7.62. The van der Waals surface area contributed by atoms with Crippen LogP contribution in [0.2, 0.25) is 0 Å². The van der Waals surface area contributed by atoms with Crippen LogP contribution in [0, 0.1) is 0 Å². The van der Waals surface area contributed by atoms with Gasteiger partial charge in [0.15, 0.2) is 0 Å². The Bertz CT molecular complexity index is 408. The minimum absolute atomic E-state index is 0.0894. The van der Waals surface area contributed by atoms with Crippen LogP contribution in [0.4, 0.5) is 13.2 Å². The second kappa shape index (κ2) is 8.54. The lowest BCUT2D eigenvalue weighted by molar-refractivity contribution is -0.274. The molecule has 0 aliphatic rings. The zero-order valence-electron chi connectivity index (χ0n) is 12.5.